The van der Waals surface area contributed by atoms with Crippen LogP contribution >= 0.6 is 0 Å². The minimum Gasteiger partial charge on any atom is -0.490 e. The molecule has 2 rings (SSSR count). The van der Waals surface area contributed by atoms with Crippen LogP contribution in [0.5, 0.6) is 5.75 Å². The second kappa shape index (κ2) is 6.56. The molecule has 0 amide bonds. The number of ether oxygens (including phenoxy) is 1. The number of nitrogens with one attached hydrogen (secondary N) is 2. The van der Waals surface area contributed by atoms with E-state index in [1.54, 1.807) is 38.1 Å². The Morgan fingerprint density at radius 3 is 2.35 bits per heavy atom. The van der Waals surface area contributed by atoms with Crippen LogP contribution in [-0.4, -0.2) is 33.7 Å². The van der Waals surface area contributed by atoms with Crippen molar-refractivity contribution in [2.24, 2.45) is 0 Å². The molecule has 1 aromatic rings. The fraction of sp³-hybridized carbons (Fsp3) is 0.571. The van der Waals surface area contributed by atoms with Crippen LogP contribution in [-0.2, 0) is 10.0 Å². The molecule has 1 heterocycles. The van der Waals surface area contributed by atoms with Gasteiger partial charge < -0.3 is 10.1 Å². The van der Waals surface area contributed by atoms with Crippen molar-refractivity contribution >= 4 is 10.0 Å². The number of hydrogen-bond acceptors (Lipinski definition) is 4. The third-order valence-corrected chi connectivity index (χ3v) is 4.79. The predicted octanol–water partition coefficient (Wildman–Crippen LogP) is 1.50. The van der Waals surface area contributed by atoms with Crippen LogP contribution in [0.3, 0.4) is 0 Å². The molecule has 5 nitrogen and oxygen atoms in total. The summed E-state index contributed by atoms with van der Waals surface area (Å²) < 4.78 is 32.4. The number of sulfonamides is 1. The second-order valence-electron chi connectivity index (χ2n) is 5.31. The van der Waals surface area contributed by atoms with E-state index in [4.69, 9.17) is 4.74 Å². The molecule has 1 fully saturated rings. The van der Waals surface area contributed by atoms with Gasteiger partial charge in [0.05, 0.1) is 4.90 Å². The fourth-order valence-corrected chi connectivity index (χ4v) is 3.43. The molecule has 1 aliphatic rings. The van der Waals surface area contributed by atoms with Crippen LogP contribution in [0.1, 0.15) is 26.7 Å². The van der Waals surface area contributed by atoms with E-state index in [1.165, 1.54) is 0 Å². The van der Waals surface area contributed by atoms with Crippen LogP contribution in [0, 0.1) is 0 Å². The highest BCUT2D eigenvalue weighted by atomic mass is 32.2. The van der Waals surface area contributed by atoms with E-state index in [0.29, 0.717) is 0 Å². The lowest BCUT2D eigenvalue weighted by Crippen LogP contribution is -2.34. The van der Waals surface area contributed by atoms with E-state index in [9.17, 15) is 8.42 Å². The van der Waals surface area contributed by atoms with E-state index < -0.39 is 10.0 Å². The largest absolute Gasteiger partial charge is 0.490 e. The Kier molecular flexibility index (Phi) is 5.01. The topological polar surface area (TPSA) is 67.4 Å². The summed E-state index contributed by atoms with van der Waals surface area (Å²) in [6, 6.07) is 6.49. The van der Waals surface area contributed by atoms with E-state index in [1.807, 2.05) is 0 Å². The van der Waals surface area contributed by atoms with Gasteiger partial charge in [0.1, 0.15) is 11.9 Å². The number of benzene rings is 1. The SMILES string of the molecule is CC(C)NS(=O)(=O)c1ccc(OC2CCNCC2)cc1. The van der Waals surface area contributed by atoms with Crippen LogP contribution < -0.4 is 14.8 Å². The summed E-state index contributed by atoms with van der Waals surface area (Å²) in [7, 11) is -3.42. The van der Waals surface area contributed by atoms with Gasteiger partial charge in [-0.1, -0.05) is 0 Å². The van der Waals surface area contributed by atoms with E-state index >= 15 is 0 Å². The van der Waals surface area contributed by atoms with Gasteiger partial charge in [-0.05, 0) is 64.0 Å². The van der Waals surface area contributed by atoms with Crippen molar-refractivity contribution in [3.8, 4) is 5.75 Å². The normalized spacial score (nSPS) is 17.4. The average Bonchev–Trinajstić information content (AvgIpc) is 2.39. The van der Waals surface area contributed by atoms with E-state index in [0.717, 1.165) is 31.7 Å². The standard InChI is InChI=1S/C14H22N2O3S/c1-11(2)16-20(17,18)14-5-3-12(4-6-14)19-13-7-9-15-10-8-13/h3-6,11,13,15-16H,7-10H2,1-2H3. The van der Waals surface area contributed by atoms with Gasteiger partial charge in [0, 0.05) is 6.04 Å². The van der Waals surface area contributed by atoms with Crippen LogP contribution in [0.2, 0.25) is 0 Å². The third-order valence-electron chi connectivity index (χ3n) is 3.11. The first-order chi connectivity index (χ1) is 9.47. The maximum absolute atomic E-state index is 12.0. The molecule has 0 unspecified atom stereocenters. The average molecular weight is 298 g/mol. The molecular formula is C14H22N2O3S. The third kappa shape index (κ3) is 4.19. The van der Waals surface area contributed by atoms with Gasteiger partial charge in [-0.2, -0.15) is 0 Å². The van der Waals surface area contributed by atoms with Gasteiger partial charge >= 0.3 is 0 Å². The number of rotatable bonds is 5. The van der Waals surface area contributed by atoms with Gasteiger partial charge in [0.25, 0.3) is 0 Å². The molecule has 0 saturated carbocycles. The Bertz CT molecular complexity index is 520. The summed E-state index contributed by atoms with van der Waals surface area (Å²) in [5.74, 6) is 0.723. The van der Waals surface area contributed by atoms with E-state index in [-0.39, 0.29) is 17.0 Å². The lowest BCUT2D eigenvalue weighted by molar-refractivity contribution is 0.162. The number of hydrogen-bond donors (Lipinski definition) is 2. The summed E-state index contributed by atoms with van der Waals surface area (Å²) in [6.07, 6.45) is 2.18. The lowest BCUT2D eigenvalue weighted by Gasteiger charge is -2.23. The molecule has 112 valence electrons. The molecule has 20 heavy (non-hydrogen) atoms. The summed E-state index contributed by atoms with van der Waals surface area (Å²) in [4.78, 5) is 0.267. The van der Waals surface area contributed by atoms with Gasteiger partial charge in [-0.25, -0.2) is 13.1 Å². The Morgan fingerprint density at radius 2 is 1.80 bits per heavy atom. The Balaban J connectivity index is 2.02. The van der Waals surface area contributed by atoms with Crippen molar-refractivity contribution in [3.05, 3.63) is 24.3 Å². The van der Waals surface area contributed by atoms with Crippen molar-refractivity contribution in [2.45, 2.75) is 43.7 Å². The van der Waals surface area contributed by atoms with Gasteiger partial charge in [0.15, 0.2) is 0 Å². The second-order valence-corrected chi connectivity index (χ2v) is 7.03. The van der Waals surface area contributed by atoms with Gasteiger partial charge in [-0.3, -0.25) is 0 Å². The zero-order valence-corrected chi connectivity index (χ0v) is 12.7. The molecule has 0 radical (unpaired) electrons. The molecule has 0 spiro atoms. The number of piperidine rings is 1. The Morgan fingerprint density at radius 1 is 1.20 bits per heavy atom. The molecule has 0 aliphatic carbocycles. The summed E-state index contributed by atoms with van der Waals surface area (Å²) in [5, 5.41) is 3.28. The molecule has 1 aromatic carbocycles. The van der Waals surface area contributed by atoms with Crippen LogP contribution in [0.25, 0.3) is 0 Å². The first kappa shape index (κ1) is 15.3. The summed E-state index contributed by atoms with van der Waals surface area (Å²) >= 11 is 0. The molecule has 0 atom stereocenters. The van der Waals surface area contributed by atoms with Crippen molar-refractivity contribution in [1.82, 2.24) is 10.0 Å². The molecule has 0 bridgehead atoms. The first-order valence-corrected chi connectivity index (χ1v) is 8.45. The lowest BCUT2D eigenvalue weighted by atomic mass is 10.1. The monoisotopic (exact) mass is 298 g/mol. The molecule has 0 aromatic heterocycles. The van der Waals surface area contributed by atoms with Crippen molar-refractivity contribution in [3.63, 3.8) is 0 Å². The maximum Gasteiger partial charge on any atom is 0.240 e. The van der Waals surface area contributed by atoms with Crippen molar-refractivity contribution in [2.75, 3.05) is 13.1 Å². The molecule has 2 N–H and O–H groups in total. The summed E-state index contributed by atoms with van der Waals surface area (Å²) in [5.41, 5.74) is 0. The minimum atomic E-state index is -3.42. The van der Waals surface area contributed by atoms with E-state index in [2.05, 4.69) is 10.0 Å². The Hall–Kier alpha value is -1.11. The van der Waals surface area contributed by atoms with Crippen molar-refractivity contribution in [1.29, 1.82) is 0 Å². The van der Waals surface area contributed by atoms with Gasteiger partial charge in [-0.15, -0.1) is 0 Å². The first-order valence-electron chi connectivity index (χ1n) is 6.97. The minimum absolute atomic E-state index is 0.120. The molecular weight excluding hydrogens is 276 g/mol. The zero-order chi connectivity index (χ0) is 14.6. The molecule has 6 heteroatoms. The highest BCUT2D eigenvalue weighted by Crippen LogP contribution is 2.19. The zero-order valence-electron chi connectivity index (χ0n) is 11.9. The fourth-order valence-electron chi connectivity index (χ4n) is 2.18. The highest BCUT2D eigenvalue weighted by molar-refractivity contribution is 7.89. The molecule has 1 aliphatic heterocycles. The predicted molar refractivity (Wildman–Crippen MR) is 78.4 cm³/mol. The van der Waals surface area contributed by atoms with Crippen molar-refractivity contribution < 1.29 is 13.2 Å². The van der Waals surface area contributed by atoms with Crippen LogP contribution in [0.15, 0.2) is 29.2 Å². The maximum atomic E-state index is 12.0. The molecule has 1 saturated heterocycles. The smallest absolute Gasteiger partial charge is 0.240 e. The quantitative estimate of drug-likeness (QED) is 0.864. The Labute approximate surface area is 120 Å². The summed E-state index contributed by atoms with van der Waals surface area (Å²) in [6.45, 7) is 5.53. The van der Waals surface area contributed by atoms with Crippen LogP contribution in [0.4, 0.5) is 0 Å². The van der Waals surface area contributed by atoms with Gasteiger partial charge in [0.2, 0.25) is 10.0 Å². The highest BCUT2D eigenvalue weighted by Gasteiger charge is 2.17.